The third-order valence-corrected chi connectivity index (χ3v) is 7.75. The van der Waals surface area contributed by atoms with Crippen LogP contribution in [0.25, 0.3) is 0 Å². The van der Waals surface area contributed by atoms with Crippen LogP contribution in [0.4, 0.5) is 0 Å². The molecule has 158 valence electrons. The number of rotatable bonds is 6. The molecule has 2 atom stereocenters. The average Bonchev–Trinajstić information content (AvgIpc) is 3.42. The van der Waals surface area contributed by atoms with Crippen LogP contribution >= 0.6 is 0 Å². The lowest BCUT2D eigenvalue weighted by Gasteiger charge is -2.25. The van der Waals surface area contributed by atoms with E-state index in [4.69, 9.17) is 4.52 Å². The lowest BCUT2D eigenvalue weighted by Crippen LogP contribution is -2.41. The summed E-state index contributed by atoms with van der Waals surface area (Å²) >= 11 is 0. The Hall–Kier alpha value is -2.27. The molecule has 0 unspecified atom stereocenters. The second kappa shape index (κ2) is 7.21. The monoisotopic (exact) mass is 422 g/mol. The summed E-state index contributed by atoms with van der Waals surface area (Å²) in [5, 5.41) is 8.12. The lowest BCUT2D eigenvalue weighted by atomic mass is 9.81. The third-order valence-electron chi connectivity index (χ3n) is 5.96. The van der Waals surface area contributed by atoms with E-state index in [1.54, 1.807) is 29.6 Å². The summed E-state index contributed by atoms with van der Waals surface area (Å²) in [5.74, 6) is 0.924. The SMILES string of the molecule is CCS(=O)(=O)N1C[C@@H]2CN(C(=O)CCn3cc(C)cn3)C[C@]2(c2nc(C)no2)C1. The van der Waals surface area contributed by atoms with Crippen molar-refractivity contribution in [1.29, 1.82) is 0 Å². The number of hydrogen-bond donors (Lipinski definition) is 0. The van der Waals surface area contributed by atoms with Gasteiger partial charge in [0.05, 0.1) is 17.4 Å². The Balaban J connectivity index is 1.53. The summed E-state index contributed by atoms with van der Waals surface area (Å²) in [6, 6.07) is 0. The van der Waals surface area contributed by atoms with E-state index in [0.717, 1.165) is 5.56 Å². The van der Waals surface area contributed by atoms with Crippen LogP contribution in [0.2, 0.25) is 0 Å². The summed E-state index contributed by atoms with van der Waals surface area (Å²) in [5.41, 5.74) is 0.401. The molecule has 11 heteroatoms. The van der Waals surface area contributed by atoms with Crippen LogP contribution in [-0.4, -0.2) is 75.4 Å². The summed E-state index contributed by atoms with van der Waals surface area (Å²) in [7, 11) is -3.33. The molecule has 0 saturated carbocycles. The number of sulfonamides is 1. The lowest BCUT2D eigenvalue weighted by molar-refractivity contribution is -0.130. The minimum atomic E-state index is -3.33. The predicted octanol–water partition coefficient (Wildman–Crippen LogP) is 0.335. The van der Waals surface area contributed by atoms with Gasteiger partial charge < -0.3 is 9.42 Å². The number of likely N-dealkylation sites (tertiary alicyclic amines) is 1. The molecule has 0 spiro atoms. The van der Waals surface area contributed by atoms with E-state index in [-0.39, 0.29) is 24.1 Å². The van der Waals surface area contributed by atoms with E-state index in [2.05, 4.69) is 15.2 Å². The van der Waals surface area contributed by atoms with Crippen molar-refractivity contribution in [2.45, 2.75) is 39.2 Å². The second-order valence-electron chi connectivity index (χ2n) is 8.00. The molecule has 29 heavy (non-hydrogen) atoms. The summed E-state index contributed by atoms with van der Waals surface area (Å²) in [6.07, 6.45) is 4.01. The zero-order valence-electron chi connectivity index (χ0n) is 16.9. The number of carbonyl (C=O) groups is 1. The maximum atomic E-state index is 12.9. The van der Waals surface area contributed by atoms with Gasteiger partial charge in [0.15, 0.2) is 5.82 Å². The number of aromatic nitrogens is 4. The number of carbonyl (C=O) groups excluding carboxylic acids is 1. The quantitative estimate of drug-likeness (QED) is 0.659. The predicted molar refractivity (Wildman–Crippen MR) is 103 cm³/mol. The maximum absolute atomic E-state index is 12.9. The second-order valence-corrected chi connectivity index (χ2v) is 10.3. The first-order valence-corrected chi connectivity index (χ1v) is 11.4. The molecule has 2 aliphatic rings. The summed E-state index contributed by atoms with van der Waals surface area (Å²) in [6.45, 7) is 7.32. The van der Waals surface area contributed by atoms with Gasteiger partial charge in [-0.25, -0.2) is 12.7 Å². The molecular weight excluding hydrogens is 396 g/mol. The molecule has 0 N–H and O–H groups in total. The molecule has 2 aromatic rings. The van der Waals surface area contributed by atoms with E-state index >= 15 is 0 Å². The molecule has 1 amide bonds. The first kappa shape index (κ1) is 20.0. The fourth-order valence-corrected chi connectivity index (χ4v) is 5.56. The largest absolute Gasteiger partial charge is 0.341 e. The average molecular weight is 423 g/mol. The van der Waals surface area contributed by atoms with Crippen molar-refractivity contribution < 1.29 is 17.7 Å². The number of amides is 1. The zero-order chi connectivity index (χ0) is 20.8. The molecule has 0 radical (unpaired) electrons. The number of fused-ring (bicyclic) bond motifs is 1. The first-order valence-electron chi connectivity index (χ1n) is 9.79. The van der Waals surface area contributed by atoms with Gasteiger partial charge in [0.2, 0.25) is 21.8 Å². The zero-order valence-corrected chi connectivity index (χ0v) is 17.7. The standard InChI is InChI=1S/C18H26N6O4S/c1-4-29(26,27)24-10-15-9-22(16(25)5-6-23-8-13(2)7-19-23)11-18(15,12-24)17-20-14(3)21-28-17/h7-8,15H,4-6,9-12H2,1-3H3/t15-,18-/m0/s1. The molecule has 4 heterocycles. The van der Waals surface area contributed by atoms with Crippen LogP contribution in [0.1, 0.15) is 30.6 Å². The van der Waals surface area contributed by atoms with Gasteiger partial charge in [-0.1, -0.05) is 5.16 Å². The topological polar surface area (TPSA) is 114 Å². The van der Waals surface area contributed by atoms with Crippen molar-refractivity contribution in [3.63, 3.8) is 0 Å². The smallest absolute Gasteiger partial charge is 0.236 e. The minimum absolute atomic E-state index is 0.0214. The number of aryl methyl sites for hydroxylation is 3. The molecule has 0 aromatic carbocycles. The van der Waals surface area contributed by atoms with Crippen molar-refractivity contribution >= 4 is 15.9 Å². The normalized spacial score (nSPS) is 24.9. The number of nitrogens with zero attached hydrogens (tertiary/aromatic N) is 6. The molecular formula is C18H26N6O4S. The van der Waals surface area contributed by atoms with E-state index in [1.807, 2.05) is 13.1 Å². The first-order chi connectivity index (χ1) is 13.7. The molecule has 2 aliphatic heterocycles. The van der Waals surface area contributed by atoms with Crippen LogP contribution in [-0.2, 0) is 26.8 Å². The van der Waals surface area contributed by atoms with Crippen LogP contribution in [0.3, 0.4) is 0 Å². The van der Waals surface area contributed by atoms with Crippen molar-refractivity contribution in [2.75, 3.05) is 31.9 Å². The Labute approximate surface area is 169 Å². The maximum Gasteiger partial charge on any atom is 0.236 e. The van der Waals surface area contributed by atoms with Crippen molar-refractivity contribution in [3.05, 3.63) is 29.7 Å². The molecule has 2 aromatic heterocycles. The van der Waals surface area contributed by atoms with E-state index < -0.39 is 15.4 Å². The highest BCUT2D eigenvalue weighted by atomic mass is 32.2. The molecule has 0 aliphatic carbocycles. The Morgan fingerprint density at radius 2 is 2.10 bits per heavy atom. The van der Waals surface area contributed by atoms with Gasteiger partial charge in [0.25, 0.3) is 0 Å². The van der Waals surface area contributed by atoms with Gasteiger partial charge in [0, 0.05) is 51.3 Å². The van der Waals surface area contributed by atoms with Crippen LogP contribution in [0.5, 0.6) is 0 Å². The minimum Gasteiger partial charge on any atom is -0.341 e. The van der Waals surface area contributed by atoms with Gasteiger partial charge in [-0.2, -0.15) is 10.1 Å². The third kappa shape index (κ3) is 3.57. The highest BCUT2D eigenvalue weighted by Crippen LogP contribution is 2.45. The molecule has 0 bridgehead atoms. The van der Waals surface area contributed by atoms with E-state index in [9.17, 15) is 13.2 Å². The molecule has 2 fully saturated rings. The van der Waals surface area contributed by atoms with Gasteiger partial charge in [0.1, 0.15) is 0 Å². The molecule has 4 rings (SSSR count). The van der Waals surface area contributed by atoms with Gasteiger partial charge in [-0.15, -0.1) is 0 Å². The Morgan fingerprint density at radius 3 is 2.72 bits per heavy atom. The molecule has 2 saturated heterocycles. The Bertz CT molecular complexity index is 1020. The fourth-order valence-electron chi connectivity index (χ4n) is 4.36. The number of hydrogen-bond acceptors (Lipinski definition) is 7. The van der Waals surface area contributed by atoms with E-state index in [0.29, 0.717) is 44.3 Å². The van der Waals surface area contributed by atoms with Crippen molar-refractivity contribution in [2.24, 2.45) is 5.92 Å². The fraction of sp³-hybridized carbons (Fsp3) is 0.667. The van der Waals surface area contributed by atoms with Crippen LogP contribution in [0, 0.1) is 19.8 Å². The van der Waals surface area contributed by atoms with Crippen molar-refractivity contribution in [3.8, 4) is 0 Å². The Morgan fingerprint density at radius 1 is 1.31 bits per heavy atom. The van der Waals surface area contributed by atoms with Crippen LogP contribution in [0.15, 0.2) is 16.9 Å². The van der Waals surface area contributed by atoms with Gasteiger partial charge in [-0.3, -0.25) is 9.48 Å². The Kier molecular flexibility index (Phi) is 4.97. The summed E-state index contributed by atoms with van der Waals surface area (Å²) in [4.78, 5) is 19.1. The van der Waals surface area contributed by atoms with Gasteiger partial charge in [-0.05, 0) is 26.3 Å². The van der Waals surface area contributed by atoms with E-state index in [1.165, 1.54) is 4.31 Å². The summed E-state index contributed by atoms with van der Waals surface area (Å²) < 4.78 is 33.7. The van der Waals surface area contributed by atoms with Crippen molar-refractivity contribution in [1.82, 2.24) is 29.1 Å². The van der Waals surface area contributed by atoms with Gasteiger partial charge >= 0.3 is 0 Å². The van der Waals surface area contributed by atoms with Crippen LogP contribution < -0.4 is 0 Å². The molecule has 10 nitrogen and oxygen atoms in total. The highest BCUT2D eigenvalue weighted by Gasteiger charge is 2.59. The highest BCUT2D eigenvalue weighted by molar-refractivity contribution is 7.89.